The van der Waals surface area contributed by atoms with Crippen LogP contribution in [0.25, 0.3) is 0 Å². The van der Waals surface area contributed by atoms with Crippen LogP contribution in [0.1, 0.15) is 84.0 Å². The van der Waals surface area contributed by atoms with Crippen molar-refractivity contribution in [3.8, 4) is 0 Å². The van der Waals surface area contributed by atoms with Crippen LogP contribution in [0.5, 0.6) is 0 Å². The third-order valence-corrected chi connectivity index (χ3v) is 4.20. The van der Waals surface area contributed by atoms with Crippen LogP contribution in [0, 0.1) is 0 Å². The highest BCUT2D eigenvalue weighted by Gasteiger charge is 2.18. The molecule has 0 spiro atoms. The number of hydrogen-bond acceptors (Lipinski definition) is 2. The van der Waals surface area contributed by atoms with Crippen LogP contribution in [0.3, 0.4) is 0 Å². The summed E-state index contributed by atoms with van der Waals surface area (Å²) in [6.07, 6.45) is 16.0. The average Bonchev–Trinajstić information content (AvgIpc) is 2.89. The zero-order valence-corrected chi connectivity index (χ0v) is 12.3. The molecule has 1 aliphatic rings. The third kappa shape index (κ3) is 7.38. The first-order valence-electron chi connectivity index (χ1n) is 8.23. The lowest BCUT2D eigenvalue weighted by molar-refractivity contribution is 0.221. The van der Waals surface area contributed by atoms with Crippen molar-refractivity contribution in [1.82, 2.24) is 5.32 Å². The van der Waals surface area contributed by atoms with Crippen LogP contribution in [0.2, 0.25) is 0 Å². The normalized spacial score (nSPS) is 18.3. The lowest BCUT2D eigenvalue weighted by atomic mass is 10.0. The van der Waals surface area contributed by atoms with Gasteiger partial charge in [-0.3, -0.25) is 0 Å². The van der Waals surface area contributed by atoms with Crippen molar-refractivity contribution in [2.45, 2.75) is 96.1 Å². The summed E-state index contributed by atoms with van der Waals surface area (Å²) < 4.78 is 0. The standard InChI is InChI=1S/C16H33NO/c1-2-3-4-5-6-7-8-13-16(14-18)17-15-11-9-10-12-15/h15-18H,2-14H2,1H3. The second-order valence-electron chi connectivity index (χ2n) is 5.94. The molecule has 0 aromatic carbocycles. The molecule has 2 N–H and O–H groups in total. The second kappa shape index (κ2) is 10.8. The maximum absolute atomic E-state index is 9.40. The van der Waals surface area contributed by atoms with Gasteiger partial charge in [0.2, 0.25) is 0 Å². The molecule has 0 saturated heterocycles. The molecule has 1 fully saturated rings. The zero-order chi connectivity index (χ0) is 13.1. The number of unbranched alkanes of at least 4 members (excludes halogenated alkanes) is 6. The van der Waals surface area contributed by atoms with E-state index in [1.54, 1.807) is 0 Å². The van der Waals surface area contributed by atoms with Gasteiger partial charge < -0.3 is 10.4 Å². The summed E-state index contributed by atoms with van der Waals surface area (Å²) >= 11 is 0. The number of aliphatic hydroxyl groups is 1. The van der Waals surface area contributed by atoms with E-state index in [0.29, 0.717) is 18.7 Å². The second-order valence-corrected chi connectivity index (χ2v) is 5.94. The molecule has 0 bridgehead atoms. The molecule has 1 atom stereocenters. The summed E-state index contributed by atoms with van der Waals surface area (Å²) in [5.74, 6) is 0. The molecule has 2 heteroatoms. The van der Waals surface area contributed by atoms with E-state index >= 15 is 0 Å². The third-order valence-electron chi connectivity index (χ3n) is 4.20. The summed E-state index contributed by atoms with van der Waals surface area (Å²) in [4.78, 5) is 0. The highest BCUT2D eigenvalue weighted by atomic mass is 16.3. The van der Waals surface area contributed by atoms with E-state index in [1.807, 2.05) is 0 Å². The Kier molecular flexibility index (Phi) is 9.59. The Morgan fingerprint density at radius 3 is 2.22 bits per heavy atom. The molecule has 108 valence electrons. The summed E-state index contributed by atoms with van der Waals surface area (Å²) in [6, 6.07) is 1.04. The van der Waals surface area contributed by atoms with E-state index in [4.69, 9.17) is 0 Å². The molecule has 0 aromatic rings. The molecule has 1 rings (SSSR count). The largest absolute Gasteiger partial charge is 0.395 e. The van der Waals surface area contributed by atoms with Crippen LogP contribution in [-0.4, -0.2) is 23.8 Å². The molecular formula is C16H33NO. The maximum atomic E-state index is 9.40. The summed E-state index contributed by atoms with van der Waals surface area (Å²) in [6.45, 7) is 2.58. The molecule has 2 nitrogen and oxygen atoms in total. The molecule has 1 saturated carbocycles. The fourth-order valence-electron chi connectivity index (χ4n) is 3.00. The molecule has 0 aromatic heterocycles. The van der Waals surface area contributed by atoms with Gasteiger partial charge >= 0.3 is 0 Å². The van der Waals surface area contributed by atoms with Gasteiger partial charge in [-0.25, -0.2) is 0 Å². The lowest BCUT2D eigenvalue weighted by Gasteiger charge is -2.21. The molecule has 0 aliphatic heterocycles. The average molecular weight is 255 g/mol. The molecule has 0 radical (unpaired) electrons. The zero-order valence-electron chi connectivity index (χ0n) is 12.3. The molecule has 18 heavy (non-hydrogen) atoms. The summed E-state index contributed by atoms with van der Waals surface area (Å²) in [5.41, 5.74) is 0. The summed E-state index contributed by atoms with van der Waals surface area (Å²) in [5, 5.41) is 13.0. The van der Waals surface area contributed by atoms with Crippen molar-refractivity contribution in [3.05, 3.63) is 0 Å². The van der Waals surface area contributed by atoms with E-state index in [1.165, 1.54) is 70.6 Å². The lowest BCUT2D eigenvalue weighted by Crippen LogP contribution is -2.39. The number of aliphatic hydroxyl groups excluding tert-OH is 1. The predicted octanol–water partition coefficient (Wildman–Crippen LogP) is 4.02. The van der Waals surface area contributed by atoms with Crippen molar-refractivity contribution in [2.24, 2.45) is 0 Å². The minimum absolute atomic E-state index is 0.312. The Bertz CT molecular complexity index is 178. The SMILES string of the molecule is CCCCCCCCCC(CO)NC1CCCC1. The number of hydrogen-bond donors (Lipinski definition) is 2. The Morgan fingerprint density at radius 2 is 1.61 bits per heavy atom. The molecule has 0 heterocycles. The topological polar surface area (TPSA) is 32.3 Å². The van der Waals surface area contributed by atoms with Crippen LogP contribution in [0.15, 0.2) is 0 Å². The van der Waals surface area contributed by atoms with Gasteiger partial charge in [-0.05, 0) is 19.3 Å². The fourth-order valence-corrected chi connectivity index (χ4v) is 3.00. The Hall–Kier alpha value is -0.0800. The maximum Gasteiger partial charge on any atom is 0.0584 e. The highest BCUT2D eigenvalue weighted by molar-refractivity contribution is 4.78. The van der Waals surface area contributed by atoms with Gasteiger partial charge in [0.25, 0.3) is 0 Å². The molecule has 1 aliphatic carbocycles. The van der Waals surface area contributed by atoms with Gasteiger partial charge in [0.1, 0.15) is 0 Å². The Balaban J connectivity index is 1.94. The molecule has 0 amide bonds. The first kappa shape index (κ1) is 16.0. The first-order valence-corrected chi connectivity index (χ1v) is 8.23. The predicted molar refractivity (Wildman–Crippen MR) is 78.9 cm³/mol. The van der Waals surface area contributed by atoms with Crippen molar-refractivity contribution in [3.63, 3.8) is 0 Å². The Morgan fingerprint density at radius 1 is 1.00 bits per heavy atom. The van der Waals surface area contributed by atoms with E-state index < -0.39 is 0 Å². The van der Waals surface area contributed by atoms with E-state index in [-0.39, 0.29) is 0 Å². The summed E-state index contributed by atoms with van der Waals surface area (Å²) in [7, 11) is 0. The quantitative estimate of drug-likeness (QED) is 0.547. The van der Waals surface area contributed by atoms with Crippen LogP contribution < -0.4 is 5.32 Å². The monoisotopic (exact) mass is 255 g/mol. The van der Waals surface area contributed by atoms with Crippen molar-refractivity contribution in [1.29, 1.82) is 0 Å². The van der Waals surface area contributed by atoms with Crippen molar-refractivity contribution in [2.75, 3.05) is 6.61 Å². The molecular weight excluding hydrogens is 222 g/mol. The molecule has 1 unspecified atom stereocenters. The first-order chi connectivity index (χ1) is 8.86. The smallest absolute Gasteiger partial charge is 0.0584 e. The fraction of sp³-hybridized carbons (Fsp3) is 1.00. The van der Waals surface area contributed by atoms with Crippen LogP contribution >= 0.6 is 0 Å². The van der Waals surface area contributed by atoms with Gasteiger partial charge in [0, 0.05) is 12.1 Å². The van der Waals surface area contributed by atoms with Gasteiger partial charge in [0.15, 0.2) is 0 Å². The van der Waals surface area contributed by atoms with E-state index in [9.17, 15) is 5.11 Å². The van der Waals surface area contributed by atoms with Crippen LogP contribution in [-0.2, 0) is 0 Å². The van der Waals surface area contributed by atoms with Crippen molar-refractivity contribution < 1.29 is 5.11 Å². The number of nitrogens with one attached hydrogen (secondary N) is 1. The number of rotatable bonds is 11. The van der Waals surface area contributed by atoms with Gasteiger partial charge in [-0.2, -0.15) is 0 Å². The van der Waals surface area contributed by atoms with E-state index in [0.717, 1.165) is 6.42 Å². The van der Waals surface area contributed by atoms with E-state index in [2.05, 4.69) is 12.2 Å². The highest BCUT2D eigenvalue weighted by Crippen LogP contribution is 2.19. The van der Waals surface area contributed by atoms with Crippen molar-refractivity contribution >= 4 is 0 Å². The minimum Gasteiger partial charge on any atom is -0.395 e. The van der Waals surface area contributed by atoms with Gasteiger partial charge in [-0.15, -0.1) is 0 Å². The van der Waals surface area contributed by atoms with Crippen LogP contribution in [0.4, 0.5) is 0 Å². The Labute approximate surface area is 114 Å². The van der Waals surface area contributed by atoms with Gasteiger partial charge in [-0.1, -0.05) is 64.7 Å². The minimum atomic E-state index is 0.312. The van der Waals surface area contributed by atoms with Gasteiger partial charge in [0.05, 0.1) is 6.61 Å².